The topological polar surface area (TPSA) is 105 Å². The molecule has 0 bridgehead atoms. The SMILES string of the molecule is C=CC(=O)OCCCCCCCCCCCCCCCCCCCCCCCCCCCCCCCOC(=O)c1ccccc1C(=O)OCCCCCCCCCCCCCCCCCCCCCCCCCCCCCCCOC(=O)C=C. The Labute approximate surface area is 519 Å². The van der Waals surface area contributed by atoms with Crippen LogP contribution in [0, 0.1) is 0 Å². The summed E-state index contributed by atoms with van der Waals surface area (Å²) in [6, 6.07) is 6.92. The maximum absolute atomic E-state index is 12.9. The molecule has 8 heteroatoms. The minimum Gasteiger partial charge on any atom is -0.463 e. The molecule has 0 saturated heterocycles. The van der Waals surface area contributed by atoms with Gasteiger partial charge in [0.1, 0.15) is 0 Å². The summed E-state index contributed by atoms with van der Waals surface area (Å²) in [6.45, 7) is 8.69. The summed E-state index contributed by atoms with van der Waals surface area (Å²) >= 11 is 0. The largest absolute Gasteiger partial charge is 0.463 e. The van der Waals surface area contributed by atoms with Gasteiger partial charge in [0.15, 0.2) is 0 Å². The molecule has 0 radical (unpaired) electrons. The minimum absolute atomic E-state index is 0.306. The summed E-state index contributed by atoms with van der Waals surface area (Å²) in [5, 5.41) is 0. The van der Waals surface area contributed by atoms with E-state index in [1.54, 1.807) is 24.3 Å². The number of esters is 4. The molecular weight excluding hydrogens is 1040 g/mol. The van der Waals surface area contributed by atoms with Crippen molar-refractivity contribution < 1.29 is 38.1 Å². The van der Waals surface area contributed by atoms with E-state index in [-0.39, 0.29) is 11.9 Å². The maximum atomic E-state index is 12.9. The standard InChI is InChI=1S/C76H134O8/c1-3-73(77)81-67-61-55-51-47-43-39-35-31-27-23-19-15-11-7-5-9-13-17-21-25-29-33-37-41-45-49-53-57-63-69-83-75(79)71-65-59-60-66-72(71)76(80)84-70-64-58-54-50-46-42-38-34-30-26-22-18-14-10-6-8-12-16-20-24-28-32-36-40-44-48-52-56-62-68-82-74(78)4-2/h3-4,59-60,65-66H,1-2,5-58,61-64,67-70H2. The monoisotopic (exact) mass is 1180 g/mol. The zero-order valence-corrected chi connectivity index (χ0v) is 55.0. The van der Waals surface area contributed by atoms with E-state index in [0.717, 1.165) is 51.4 Å². The van der Waals surface area contributed by atoms with Crippen molar-refractivity contribution in [1.29, 1.82) is 0 Å². The molecule has 1 rings (SSSR count). The molecule has 0 fully saturated rings. The zero-order valence-electron chi connectivity index (χ0n) is 55.0. The highest BCUT2D eigenvalue weighted by Crippen LogP contribution is 2.20. The second kappa shape index (κ2) is 65.6. The van der Waals surface area contributed by atoms with Crippen LogP contribution in [0.25, 0.3) is 0 Å². The minimum atomic E-state index is -0.430. The molecule has 0 aromatic heterocycles. The van der Waals surface area contributed by atoms with Crippen molar-refractivity contribution in [2.24, 2.45) is 0 Å². The summed E-state index contributed by atoms with van der Waals surface area (Å²) in [5.41, 5.74) is 0.612. The fourth-order valence-electron chi connectivity index (χ4n) is 11.7. The zero-order chi connectivity index (χ0) is 60.4. The Hall–Kier alpha value is -3.42. The lowest BCUT2D eigenvalue weighted by Crippen LogP contribution is -2.15. The van der Waals surface area contributed by atoms with Crippen LogP contribution in [-0.2, 0) is 28.5 Å². The first kappa shape index (κ1) is 78.6. The van der Waals surface area contributed by atoms with Crippen LogP contribution in [-0.4, -0.2) is 50.3 Å². The number of benzene rings is 1. The van der Waals surface area contributed by atoms with E-state index in [1.807, 2.05) is 0 Å². The summed E-state index contributed by atoms with van der Waals surface area (Å²) in [4.78, 5) is 47.9. The first-order valence-corrected chi connectivity index (χ1v) is 36.5. The van der Waals surface area contributed by atoms with Crippen molar-refractivity contribution in [1.82, 2.24) is 0 Å². The predicted octanol–water partition coefficient (Wildman–Crippen LogP) is 24.1. The Morgan fingerprint density at radius 3 is 0.500 bits per heavy atom. The Morgan fingerprint density at radius 1 is 0.226 bits per heavy atom. The van der Waals surface area contributed by atoms with Crippen molar-refractivity contribution in [3.63, 3.8) is 0 Å². The Bertz CT molecular complexity index is 1510. The maximum Gasteiger partial charge on any atom is 0.339 e. The quantitative estimate of drug-likeness (QED) is 0.0275. The molecule has 0 N–H and O–H groups in total. The molecule has 0 aliphatic heterocycles. The van der Waals surface area contributed by atoms with Gasteiger partial charge < -0.3 is 18.9 Å². The highest BCUT2D eigenvalue weighted by atomic mass is 16.5. The molecule has 0 aliphatic carbocycles. The molecule has 1 aromatic carbocycles. The Balaban J connectivity index is 1.80. The van der Waals surface area contributed by atoms with Crippen LogP contribution in [0.2, 0.25) is 0 Å². The van der Waals surface area contributed by atoms with E-state index in [4.69, 9.17) is 18.9 Å². The lowest BCUT2D eigenvalue weighted by atomic mass is 10.0. The van der Waals surface area contributed by atoms with Crippen molar-refractivity contribution in [2.75, 3.05) is 26.4 Å². The van der Waals surface area contributed by atoms with Gasteiger partial charge in [0, 0.05) is 12.2 Å². The molecule has 0 atom stereocenters. The third-order valence-electron chi connectivity index (χ3n) is 17.2. The molecule has 0 unspecified atom stereocenters. The summed E-state index contributed by atoms with van der Waals surface area (Å²) in [7, 11) is 0. The van der Waals surface area contributed by atoms with Gasteiger partial charge in [-0.15, -0.1) is 0 Å². The van der Waals surface area contributed by atoms with Crippen LogP contribution in [0.15, 0.2) is 49.6 Å². The van der Waals surface area contributed by atoms with Crippen LogP contribution < -0.4 is 0 Å². The number of rotatable bonds is 68. The van der Waals surface area contributed by atoms with E-state index in [2.05, 4.69) is 13.2 Å². The van der Waals surface area contributed by atoms with Gasteiger partial charge in [-0.3, -0.25) is 0 Å². The highest BCUT2D eigenvalue weighted by molar-refractivity contribution is 6.03. The molecule has 84 heavy (non-hydrogen) atoms. The molecule has 0 heterocycles. The molecule has 0 saturated carbocycles. The first-order chi connectivity index (χ1) is 41.5. The Morgan fingerprint density at radius 2 is 0.357 bits per heavy atom. The average molecular weight is 1180 g/mol. The Kier molecular flexibility index (Phi) is 61.3. The van der Waals surface area contributed by atoms with Gasteiger partial charge in [0.2, 0.25) is 0 Å². The van der Waals surface area contributed by atoms with Gasteiger partial charge in [0.05, 0.1) is 37.6 Å². The summed E-state index contributed by atoms with van der Waals surface area (Å²) in [6.07, 6.45) is 79.1. The second-order valence-corrected chi connectivity index (χ2v) is 25.1. The number of carbonyl (C=O) groups excluding carboxylic acids is 4. The van der Waals surface area contributed by atoms with E-state index < -0.39 is 11.9 Å². The molecular formula is C76H134O8. The molecule has 0 aliphatic rings. The molecule has 8 nitrogen and oxygen atoms in total. The van der Waals surface area contributed by atoms with Crippen LogP contribution in [0.5, 0.6) is 0 Å². The van der Waals surface area contributed by atoms with Crippen molar-refractivity contribution in [2.45, 2.75) is 372 Å². The third-order valence-corrected chi connectivity index (χ3v) is 17.2. The third kappa shape index (κ3) is 56.4. The van der Waals surface area contributed by atoms with Gasteiger partial charge in [-0.05, 0) is 37.8 Å². The smallest absolute Gasteiger partial charge is 0.339 e. The first-order valence-electron chi connectivity index (χ1n) is 36.5. The van der Waals surface area contributed by atoms with E-state index >= 15 is 0 Å². The summed E-state index contributed by atoms with van der Waals surface area (Å²) < 4.78 is 21.3. The van der Waals surface area contributed by atoms with Crippen molar-refractivity contribution in [3.05, 3.63) is 60.7 Å². The van der Waals surface area contributed by atoms with Crippen LogP contribution in [0.3, 0.4) is 0 Å². The number of hydrogen-bond donors (Lipinski definition) is 0. The number of ether oxygens (including phenoxy) is 4. The van der Waals surface area contributed by atoms with Gasteiger partial charge in [-0.25, -0.2) is 19.2 Å². The average Bonchev–Trinajstić information content (AvgIpc) is 3.60. The lowest BCUT2D eigenvalue weighted by molar-refractivity contribution is -0.138. The van der Waals surface area contributed by atoms with Crippen molar-refractivity contribution in [3.8, 4) is 0 Å². The number of carbonyl (C=O) groups is 4. The van der Waals surface area contributed by atoms with E-state index in [9.17, 15) is 19.2 Å². The van der Waals surface area contributed by atoms with Gasteiger partial charge in [-0.2, -0.15) is 0 Å². The van der Waals surface area contributed by atoms with E-state index in [0.29, 0.717) is 37.6 Å². The predicted molar refractivity (Wildman–Crippen MR) is 357 cm³/mol. The number of hydrogen-bond acceptors (Lipinski definition) is 8. The van der Waals surface area contributed by atoms with Crippen LogP contribution in [0.1, 0.15) is 393 Å². The molecule has 1 aromatic rings. The molecule has 0 spiro atoms. The number of unbranched alkanes of at least 4 members (excludes halogenated alkanes) is 56. The summed E-state index contributed by atoms with van der Waals surface area (Å²) in [5.74, 6) is -1.47. The van der Waals surface area contributed by atoms with Gasteiger partial charge >= 0.3 is 23.9 Å². The van der Waals surface area contributed by atoms with Gasteiger partial charge in [-0.1, -0.05) is 372 Å². The fraction of sp³-hybridized carbons (Fsp3) is 0.816. The fourth-order valence-corrected chi connectivity index (χ4v) is 11.7. The molecule has 0 amide bonds. The lowest BCUT2D eigenvalue weighted by Gasteiger charge is -2.10. The van der Waals surface area contributed by atoms with E-state index in [1.165, 1.54) is 333 Å². The van der Waals surface area contributed by atoms with Crippen LogP contribution >= 0.6 is 0 Å². The van der Waals surface area contributed by atoms with Crippen LogP contribution in [0.4, 0.5) is 0 Å². The highest BCUT2D eigenvalue weighted by Gasteiger charge is 2.19. The van der Waals surface area contributed by atoms with Gasteiger partial charge in [0.25, 0.3) is 0 Å². The molecule has 486 valence electrons. The second-order valence-electron chi connectivity index (χ2n) is 25.1. The van der Waals surface area contributed by atoms with Crippen molar-refractivity contribution >= 4 is 23.9 Å². The normalized spacial score (nSPS) is 11.2.